The second kappa shape index (κ2) is 6.92. The maximum atomic E-state index is 6.20. The maximum Gasteiger partial charge on any atom is 0.174 e. The van der Waals surface area contributed by atoms with Gasteiger partial charge in [0.15, 0.2) is 5.11 Å². The number of pyridine rings is 1. The van der Waals surface area contributed by atoms with E-state index >= 15 is 0 Å². The number of thiophene rings is 1. The SMILES string of the molecule is S=C1N[C@@H](c2ccccn2)[C@H](c2ccc(Cl)s2)N1c1ccc(Cl)cc1. The number of hydrogen-bond donors (Lipinski definition) is 1. The minimum Gasteiger partial charge on any atom is -0.351 e. The molecule has 0 radical (unpaired) electrons. The van der Waals surface area contributed by atoms with Crippen LogP contribution in [0.15, 0.2) is 60.8 Å². The molecule has 1 N–H and O–H groups in total. The standard InChI is InChI=1S/C18H13Cl2N3S2/c19-11-4-6-12(7-5-11)23-17(14-8-9-15(20)25-14)16(22-18(23)24)13-3-1-2-10-21-13/h1-10,16-17H,(H,22,24)/t16-,17-/m0/s1. The van der Waals surface area contributed by atoms with Gasteiger partial charge < -0.3 is 10.2 Å². The number of anilines is 1. The van der Waals surface area contributed by atoms with E-state index in [4.69, 9.17) is 35.4 Å². The smallest absolute Gasteiger partial charge is 0.174 e. The van der Waals surface area contributed by atoms with Crippen LogP contribution in [0, 0.1) is 0 Å². The van der Waals surface area contributed by atoms with Gasteiger partial charge in [-0.1, -0.05) is 29.3 Å². The van der Waals surface area contributed by atoms with Gasteiger partial charge in [0, 0.05) is 21.8 Å². The van der Waals surface area contributed by atoms with Crippen LogP contribution < -0.4 is 10.2 Å². The van der Waals surface area contributed by atoms with Gasteiger partial charge in [-0.25, -0.2) is 0 Å². The fourth-order valence-corrected chi connectivity index (χ4v) is 4.67. The van der Waals surface area contributed by atoms with Gasteiger partial charge in [-0.05, 0) is 60.7 Å². The molecule has 3 heterocycles. The third-order valence-electron chi connectivity index (χ3n) is 4.09. The molecule has 0 aliphatic carbocycles. The van der Waals surface area contributed by atoms with Crippen molar-refractivity contribution in [3.8, 4) is 0 Å². The second-order valence-electron chi connectivity index (χ2n) is 5.61. The molecule has 2 atom stereocenters. The summed E-state index contributed by atoms with van der Waals surface area (Å²) in [6.45, 7) is 0. The third-order valence-corrected chi connectivity index (χ3v) is 5.96. The zero-order valence-electron chi connectivity index (χ0n) is 12.9. The highest BCUT2D eigenvalue weighted by Gasteiger charge is 2.41. The van der Waals surface area contributed by atoms with Gasteiger partial charge in [0.25, 0.3) is 0 Å². The van der Waals surface area contributed by atoms with E-state index in [1.807, 2.05) is 54.6 Å². The lowest BCUT2D eigenvalue weighted by Gasteiger charge is -2.26. The summed E-state index contributed by atoms with van der Waals surface area (Å²) >= 11 is 19.4. The molecular weight excluding hydrogens is 393 g/mol. The molecule has 1 saturated heterocycles. The van der Waals surface area contributed by atoms with Crippen molar-refractivity contribution >= 4 is 57.6 Å². The Bertz CT molecular complexity index is 896. The van der Waals surface area contributed by atoms with Crippen LogP contribution in [-0.4, -0.2) is 10.1 Å². The first-order valence-corrected chi connectivity index (χ1v) is 9.63. The quantitative estimate of drug-likeness (QED) is 0.571. The minimum atomic E-state index is -0.0564. The summed E-state index contributed by atoms with van der Waals surface area (Å²) in [6.07, 6.45) is 1.80. The summed E-state index contributed by atoms with van der Waals surface area (Å²) in [7, 11) is 0. The summed E-state index contributed by atoms with van der Waals surface area (Å²) in [5.41, 5.74) is 1.92. The molecule has 1 aliphatic heterocycles. The van der Waals surface area contributed by atoms with Crippen molar-refractivity contribution in [3.63, 3.8) is 0 Å². The first-order valence-electron chi connectivity index (χ1n) is 7.65. The van der Waals surface area contributed by atoms with Crippen LogP contribution >= 0.6 is 46.8 Å². The molecule has 1 aliphatic rings. The monoisotopic (exact) mass is 405 g/mol. The number of benzene rings is 1. The Balaban J connectivity index is 1.81. The lowest BCUT2D eigenvalue weighted by Crippen LogP contribution is -2.28. The normalized spacial score (nSPS) is 19.9. The fourth-order valence-electron chi connectivity index (χ4n) is 3.01. The number of hydrogen-bond acceptors (Lipinski definition) is 3. The molecule has 0 saturated carbocycles. The largest absolute Gasteiger partial charge is 0.351 e. The van der Waals surface area contributed by atoms with Crippen LogP contribution in [0.5, 0.6) is 0 Å². The molecule has 1 aromatic carbocycles. The highest BCUT2D eigenvalue weighted by atomic mass is 35.5. The number of halogens is 2. The molecule has 25 heavy (non-hydrogen) atoms. The molecule has 0 bridgehead atoms. The predicted molar refractivity (Wildman–Crippen MR) is 109 cm³/mol. The number of nitrogens with one attached hydrogen (secondary N) is 1. The number of nitrogens with zero attached hydrogens (tertiary/aromatic N) is 2. The van der Waals surface area contributed by atoms with Gasteiger partial charge in [-0.15, -0.1) is 11.3 Å². The summed E-state index contributed by atoms with van der Waals surface area (Å²) in [5.74, 6) is 0. The van der Waals surface area contributed by atoms with Crippen molar-refractivity contribution in [3.05, 3.63) is 80.7 Å². The number of thiocarbonyl (C=S) groups is 1. The summed E-state index contributed by atoms with van der Waals surface area (Å²) < 4.78 is 0.753. The van der Waals surface area contributed by atoms with E-state index < -0.39 is 0 Å². The Labute approximate surface area is 165 Å². The summed E-state index contributed by atoms with van der Waals surface area (Å²) in [4.78, 5) is 7.75. The lowest BCUT2D eigenvalue weighted by molar-refractivity contribution is 0.575. The van der Waals surface area contributed by atoms with E-state index in [2.05, 4.69) is 15.2 Å². The van der Waals surface area contributed by atoms with E-state index in [0.29, 0.717) is 10.1 Å². The van der Waals surface area contributed by atoms with Gasteiger partial charge in [0.2, 0.25) is 0 Å². The van der Waals surface area contributed by atoms with Crippen molar-refractivity contribution < 1.29 is 0 Å². The average Bonchev–Trinajstić information content (AvgIpc) is 3.20. The van der Waals surface area contributed by atoms with Gasteiger partial charge in [0.05, 0.1) is 22.1 Å². The van der Waals surface area contributed by atoms with Crippen LogP contribution in [0.1, 0.15) is 22.7 Å². The fraction of sp³-hybridized carbons (Fsp3) is 0.111. The molecule has 0 unspecified atom stereocenters. The Morgan fingerprint density at radius 3 is 2.48 bits per heavy atom. The summed E-state index contributed by atoms with van der Waals surface area (Å²) in [6, 6.07) is 17.5. The van der Waals surface area contributed by atoms with Crippen molar-refractivity contribution in [1.29, 1.82) is 0 Å². The first-order chi connectivity index (χ1) is 12.1. The Kier molecular flexibility index (Phi) is 4.65. The Hall–Kier alpha value is -1.66. The van der Waals surface area contributed by atoms with Gasteiger partial charge >= 0.3 is 0 Å². The van der Waals surface area contributed by atoms with E-state index in [9.17, 15) is 0 Å². The van der Waals surface area contributed by atoms with Crippen molar-refractivity contribution in [1.82, 2.24) is 10.3 Å². The van der Waals surface area contributed by atoms with E-state index in [0.717, 1.165) is 20.6 Å². The van der Waals surface area contributed by atoms with E-state index in [-0.39, 0.29) is 12.1 Å². The van der Waals surface area contributed by atoms with Crippen molar-refractivity contribution in [2.24, 2.45) is 0 Å². The second-order valence-corrected chi connectivity index (χ2v) is 8.18. The first kappa shape index (κ1) is 16.8. The van der Waals surface area contributed by atoms with Crippen molar-refractivity contribution in [2.45, 2.75) is 12.1 Å². The van der Waals surface area contributed by atoms with Gasteiger partial charge in [0.1, 0.15) is 0 Å². The molecule has 0 amide bonds. The molecule has 4 rings (SSSR count). The van der Waals surface area contributed by atoms with Crippen LogP contribution in [-0.2, 0) is 0 Å². The molecule has 7 heteroatoms. The Morgan fingerprint density at radius 2 is 1.84 bits per heavy atom. The van der Waals surface area contributed by atoms with Crippen LogP contribution in [0.4, 0.5) is 5.69 Å². The molecular formula is C18H13Cl2N3S2. The zero-order valence-corrected chi connectivity index (χ0v) is 16.0. The highest BCUT2D eigenvalue weighted by molar-refractivity contribution is 7.80. The molecule has 0 spiro atoms. The van der Waals surface area contributed by atoms with Crippen LogP contribution in [0.3, 0.4) is 0 Å². The maximum absolute atomic E-state index is 6.20. The summed E-state index contributed by atoms with van der Waals surface area (Å²) in [5, 5.41) is 4.77. The molecule has 2 aromatic heterocycles. The molecule has 3 aromatic rings. The predicted octanol–water partition coefficient (Wildman–Crippen LogP) is 5.63. The lowest BCUT2D eigenvalue weighted by atomic mass is 10.0. The van der Waals surface area contributed by atoms with Crippen molar-refractivity contribution in [2.75, 3.05) is 4.90 Å². The minimum absolute atomic E-state index is 0.0268. The van der Waals surface area contributed by atoms with Crippen LogP contribution in [0.2, 0.25) is 9.36 Å². The van der Waals surface area contributed by atoms with Gasteiger partial charge in [-0.2, -0.15) is 0 Å². The van der Waals surface area contributed by atoms with E-state index in [1.165, 1.54) is 0 Å². The molecule has 1 fully saturated rings. The Morgan fingerprint density at radius 1 is 1.04 bits per heavy atom. The third kappa shape index (κ3) is 3.25. The molecule has 3 nitrogen and oxygen atoms in total. The number of aromatic nitrogens is 1. The zero-order chi connectivity index (χ0) is 17.4. The number of rotatable bonds is 3. The highest BCUT2D eigenvalue weighted by Crippen LogP contribution is 2.44. The topological polar surface area (TPSA) is 28.2 Å². The van der Waals surface area contributed by atoms with E-state index in [1.54, 1.807) is 17.5 Å². The average molecular weight is 406 g/mol. The van der Waals surface area contributed by atoms with Crippen LogP contribution in [0.25, 0.3) is 0 Å². The molecule has 126 valence electrons. The van der Waals surface area contributed by atoms with Gasteiger partial charge in [-0.3, -0.25) is 4.98 Å².